The Labute approximate surface area is 107 Å². The molecule has 0 saturated heterocycles. The van der Waals surface area contributed by atoms with E-state index in [2.05, 4.69) is 0 Å². The molecule has 18 heavy (non-hydrogen) atoms. The fourth-order valence-corrected chi connectivity index (χ4v) is 2.80. The van der Waals surface area contributed by atoms with Gasteiger partial charge in [0.2, 0.25) is 0 Å². The lowest BCUT2D eigenvalue weighted by molar-refractivity contribution is 0.474. The Kier molecular flexibility index (Phi) is 2.71. The first kappa shape index (κ1) is 11.1. The van der Waals surface area contributed by atoms with E-state index in [4.69, 9.17) is 0 Å². The second-order valence-corrected chi connectivity index (χ2v) is 4.99. The Morgan fingerprint density at radius 3 is 2.44 bits per heavy atom. The van der Waals surface area contributed by atoms with Crippen molar-refractivity contribution >= 4 is 0 Å². The van der Waals surface area contributed by atoms with Gasteiger partial charge in [0.1, 0.15) is 11.5 Å². The smallest absolute Gasteiger partial charge is 0.115 e. The lowest BCUT2D eigenvalue weighted by Crippen LogP contribution is -1.98. The number of phenols is 2. The summed E-state index contributed by atoms with van der Waals surface area (Å²) >= 11 is 0. The molecule has 0 aliphatic heterocycles. The molecule has 1 aliphatic rings. The average molecular weight is 240 g/mol. The van der Waals surface area contributed by atoms with Crippen molar-refractivity contribution in [3.63, 3.8) is 0 Å². The summed E-state index contributed by atoms with van der Waals surface area (Å²) in [5.41, 5.74) is 3.87. The number of phenolic OH excluding ortho intramolecular Hbond substituents is 2. The minimum Gasteiger partial charge on any atom is -0.508 e. The van der Waals surface area contributed by atoms with E-state index in [1.165, 1.54) is 16.7 Å². The zero-order valence-electron chi connectivity index (χ0n) is 10.1. The van der Waals surface area contributed by atoms with Crippen LogP contribution in [0, 0.1) is 0 Å². The van der Waals surface area contributed by atoms with Crippen LogP contribution < -0.4 is 0 Å². The van der Waals surface area contributed by atoms with Crippen molar-refractivity contribution in [1.29, 1.82) is 0 Å². The van der Waals surface area contributed by atoms with Gasteiger partial charge in [-0.1, -0.05) is 18.2 Å². The third-order valence-electron chi connectivity index (χ3n) is 3.75. The number of rotatable bonds is 2. The average Bonchev–Trinajstić information content (AvgIpc) is 2.75. The first-order valence-electron chi connectivity index (χ1n) is 6.32. The van der Waals surface area contributed by atoms with Gasteiger partial charge in [0.15, 0.2) is 0 Å². The molecule has 3 rings (SSSR count). The van der Waals surface area contributed by atoms with Gasteiger partial charge in [0.05, 0.1) is 0 Å². The molecule has 2 nitrogen and oxygen atoms in total. The van der Waals surface area contributed by atoms with E-state index in [0.717, 1.165) is 19.3 Å². The Bertz CT molecular complexity index is 558. The molecule has 92 valence electrons. The molecule has 0 bridgehead atoms. The van der Waals surface area contributed by atoms with Crippen LogP contribution in [0.5, 0.6) is 11.5 Å². The fraction of sp³-hybridized carbons (Fsp3) is 0.250. The van der Waals surface area contributed by atoms with Crippen LogP contribution in [-0.4, -0.2) is 10.2 Å². The summed E-state index contributed by atoms with van der Waals surface area (Å²) in [7, 11) is 0. The van der Waals surface area contributed by atoms with Crippen molar-refractivity contribution in [1.82, 2.24) is 0 Å². The summed E-state index contributed by atoms with van der Waals surface area (Å²) in [6.45, 7) is 0. The summed E-state index contributed by atoms with van der Waals surface area (Å²) in [6, 6.07) is 13.1. The lowest BCUT2D eigenvalue weighted by atomic mass is 9.93. The number of aromatic hydroxyl groups is 2. The van der Waals surface area contributed by atoms with Crippen LogP contribution in [0.15, 0.2) is 42.5 Å². The van der Waals surface area contributed by atoms with E-state index < -0.39 is 0 Å². The van der Waals surface area contributed by atoms with E-state index in [9.17, 15) is 10.2 Å². The molecular formula is C16H16O2. The standard InChI is InChI=1S/C16H16O2/c17-14-6-1-11(2-7-14)9-13-4-3-12-5-8-15(18)10-16(12)13/h1-2,5-8,10,13,17-18H,3-4,9H2. The highest BCUT2D eigenvalue weighted by Gasteiger charge is 2.22. The molecule has 2 aromatic rings. The zero-order chi connectivity index (χ0) is 12.5. The van der Waals surface area contributed by atoms with E-state index >= 15 is 0 Å². The molecule has 1 unspecified atom stereocenters. The van der Waals surface area contributed by atoms with Gasteiger partial charge in [0, 0.05) is 0 Å². The predicted molar refractivity (Wildman–Crippen MR) is 71.0 cm³/mol. The van der Waals surface area contributed by atoms with Crippen LogP contribution in [-0.2, 0) is 12.8 Å². The summed E-state index contributed by atoms with van der Waals surface area (Å²) in [5.74, 6) is 1.14. The Hall–Kier alpha value is -1.96. The molecule has 1 aliphatic carbocycles. The number of benzene rings is 2. The van der Waals surface area contributed by atoms with Gasteiger partial charge in [-0.15, -0.1) is 0 Å². The molecular weight excluding hydrogens is 224 g/mol. The van der Waals surface area contributed by atoms with Crippen molar-refractivity contribution in [3.8, 4) is 11.5 Å². The first-order chi connectivity index (χ1) is 8.72. The molecule has 0 fully saturated rings. The molecule has 0 aromatic heterocycles. The van der Waals surface area contributed by atoms with Crippen LogP contribution >= 0.6 is 0 Å². The molecule has 0 heterocycles. The summed E-state index contributed by atoms with van der Waals surface area (Å²) in [5, 5.41) is 18.9. The van der Waals surface area contributed by atoms with Gasteiger partial charge in [-0.05, 0) is 66.1 Å². The monoisotopic (exact) mass is 240 g/mol. The maximum atomic E-state index is 9.58. The summed E-state index contributed by atoms with van der Waals surface area (Å²) < 4.78 is 0. The van der Waals surface area contributed by atoms with Crippen LogP contribution in [0.3, 0.4) is 0 Å². The number of aryl methyl sites for hydroxylation is 1. The number of hydrogen-bond acceptors (Lipinski definition) is 2. The van der Waals surface area contributed by atoms with Gasteiger partial charge in [-0.2, -0.15) is 0 Å². The highest BCUT2D eigenvalue weighted by molar-refractivity contribution is 5.41. The third-order valence-corrected chi connectivity index (χ3v) is 3.75. The van der Waals surface area contributed by atoms with E-state index in [1.54, 1.807) is 18.2 Å². The normalized spacial score (nSPS) is 17.7. The number of hydrogen-bond donors (Lipinski definition) is 2. The second-order valence-electron chi connectivity index (χ2n) is 4.99. The minimum absolute atomic E-state index is 0.309. The molecule has 0 spiro atoms. The maximum Gasteiger partial charge on any atom is 0.115 e. The Morgan fingerprint density at radius 1 is 0.944 bits per heavy atom. The molecule has 1 atom stereocenters. The predicted octanol–water partition coefficient (Wildman–Crippen LogP) is 3.37. The van der Waals surface area contributed by atoms with E-state index in [-0.39, 0.29) is 0 Å². The SMILES string of the molecule is Oc1ccc(CC2CCc3ccc(O)cc32)cc1. The molecule has 2 N–H and O–H groups in total. The summed E-state index contributed by atoms with van der Waals surface area (Å²) in [4.78, 5) is 0. The number of fused-ring (bicyclic) bond motifs is 1. The van der Waals surface area contributed by atoms with Crippen molar-refractivity contribution in [2.24, 2.45) is 0 Å². The lowest BCUT2D eigenvalue weighted by Gasteiger charge is -2.12. The summed E-state index contributed by atoms with van der Waals surface area (Å²) in [6.07, 6.45) is 3.20. The van der Waals surface area contributed by atoms with Crippen LogP contribution in [0.2, 0.25) is 0 Å². The fourth-order valence-electron chi connectivity index (χ4n) is 2.80. The Morgan fingerprint density at radius 2 is 1.67 bits per heavy atom. The highest BCUT2D eigenvalue weighted by Crippen LogP contribution is 2.37. The first-order valence-corrected chi connectivity index (χ1v) is 6.32. The van der Waals surface area contributed by atoms with E-state index in [0.29, 0.717) is 17.4 Å². The molecule has 0 saturated carbocycles. The quantitative estimate of drug-likeness (QED) is 0.845. The topological polar surface area (TPSA) is 40.5 Å². The van der Waals surface area contributed by atoms with Crippen molar-refractivity contribution in [2.45, 2.75) is 25.2 Å². The van der Waals surface area contributed by atoms with Gasteiger partial charge in [0.25, 0.3) is 0 Å². The van der Waals surface area contributed by atoms with Gasteiger partial charge >= 0.3 is 0 Å². The van der Waals surface area contributed by atoms with Gasteiger partial charge in [-0.3, -0.25) is 0 Å². The molecule has 0 amide bonds. The van der Waals surface area contributed by atoms with Crippen molar-refractivity contribution < 1.29 is 10.2 Å². The van der Waals surface area contributed by atoms with Crippen molar-refractivity contribution in [2.75, 3.05) is 0 Å². The zero-order valence-corrected chi connectivity index (χ0v) is 10.1. The Balaban J connectivity index is 1.84. The molecule has 2 heteroatoms. The highest BCUT2D eigenvalue weighted by atomic mass is 16.3. The van der Waals surface area contributed by atoms with Crippen LogP contribution in [0.4, 0.5) is 0 Å². The second kappa shape index (κ2) is 4.37. The van der Waals surface area contributed by atoms with Gasteiger partial charge in [-0.25, -0.2) is 0 Å². The van der Waals surface area contributed by atoms with Crippen LogP contribution in [0.25, 0.3) is 0 Å². The van der Waals surface area contributed by atoms with Crippen LogP contribution in [0.1, 0.15) is 29.0 Å². The largest absolute Gasteiger partial charge is 0.508 e. The third kappa shape index (κ3) is 2.06. The maximum absolute atomic E-state index is 9.58. The molecule has 0 radical (unpaired) electrons. The molecule has 2 aromatic carbocycles. The minimum atomic E-state index is 0.309. The van der Waals surface area contributed by atoms with Crippen molar-refractivity contribution in [3.05, 3.63) is 59.2 Å². The van der Waals surface area contributed by atoms with Gasteiger partial charge < -0.3 is 10.2 Å². The van der Waals surface area contributed by atoms with E-state index in [1.807, 2.05) is 24.3 Å².